The van der Waals surface area contributed by atoms with Crippen LogP contribution in [-0.4, -0.2) is 17.9 Å². The zero-order valence-corrected chi connectivity index (χ0v) is 9.65. The van der Waals surface area contributed by atoms with Gasteiger partial charge in [0.25, 0.3) is 0 Å². The summed E-state index contributed by atoms with van der Waals surface area (Å²) in [6.45, 7) is 0. The van der Waals surface area contributed by atoms with Gasteiger partial charge in [0.05, 0.1) is 0 Å². The van der Waals surface area contributed by atoms with E-state index in [9.17, 15) is 0 Å². The van der Waals surface area contributed by atoms with Crippen LogP contribution in [-0.2, 0) is 32.7 Å². The van der Waals surface area contributed by atoms with Gasteiger partial charge in [-0.25, -0.2) is 0 Å². The second kappa shape index (κ2) is 17.1. The zero-order chi connectivity index (χ0) is 10.7. The van der Waals surface area contributed by atoms with Crippen molar-refractivity contribution in [1.82, 2.24) is 0 Å². The first-order valence-corrected chi connectivity index (χ1v) is 2.37. The van der Waals surface area contributed by atoms with Crippen LogP contribution in [0.1, 0.15) is 0 Å². The summed E-state index contributed by atoms with van der Waals surface area (Å²) in [5.74, 6) is -1.75. The molecular weight excluding hydrogens is 251 g/mol. The number of nitrogens with two attached hydrogens (primary N) is 3. The molecule has 10 heteroatoms. The third-order valence-corrected chi connectivity index (χ3v) is 0. The molecule has 0 aromatic rings. The van der Waals surface area contributed by atoms with Crippen molar-refractivity contribution >= 4 is 17.9 Å². The van der Waals surface area contributed by atoms with E-state index in [0.717, 1.165) is 0 Å². The molecule has 0 aromatic heterocycles. The molecule has 0 rings (SSSR count). The van der Waals surface area contributed by atoms with Crippen LogP contribution < -0.4 is 17.2 Å². The van der Waals surface area contributed by atoms with Crippen LogP contribution in [0.5, 0.6) is 0 Å². The molecule has 0 radical (unpaired) electrons. The van der Waals surface area contributed by atoms with Crippen molar-refractivity contribution in [1.29, 1.82) is 16.2 Å². The number of rotatable bonds is 0. The molecule has 72 valence electrons. The molecule has 0 bridgehead atoms. The molecule has 0 amide bonds. The van der Waals surface area contributed by atoms with Crippen molar-refractivity contribution in [2.75, 3.05) is 0 Å². The van der Waals surface area contributed by atoms with Gasteiger partial charge in [-0.15, -0.1) is 0 Å². The SMILES string of the molecule is N=C([NH-])N.N=C([NH-])N.N=C([NH-])N.[Y+3]. The van der Waals surface area contributed by atoms with Gasteiger partial charge >= 0.3 is 32.7 Å². The van der Waals surface area contributed by atoms with Crippen molar-refractivity contribution in [2.45, 2.75) is 0 Å². The first-order chi connectivity index (χ1) is 5.20. The standard InChI is InChI=1S/3CH4N3.Y/c3*2-1(3)4;/h3*(H4-,2,3,4);/q3*-1;+3. The fraction of sp³-hybridized carbons (Fsp3) is 0. The average Bonchev–Trinajstić information content (AvgIpc) is 1.54. The summed E-state index contributed by atoms with van der Waals surface area (Å²) in [5.41, 5.74) is 30.9. The molecule has 0 saturated heterocycles. The van der Waals surface area contributed by atoms with Crippen molar-refractivity contribution in [3.05, 3.63) is 17.2 Å². The molecular formula is C3H12N9Y. The van der Waals surface area contributed by atoms with Gasteiger partial charge in [-0.05, 0) is 17.9 Å². The monoisotopic (exact) mass is 263 g/mol. The molecule has 0 fully saturated rings. The molecule has 12 N–H and O–H groups in total. The van der Waals surface area contributed by atoms with Crippen molar-refractivity contribution in [3.8, 4) is 0 Å². The molecule has 0 heterocycles. The second-order valence-corrected chi connectivity index (χ2v) is 1.24. The Hall–Kier alpha value is -1.09. The van der Waals surface area contributed by atoms with Gasteiger partial charge in [0, 0.05) is 0 Å². The first kappa shape index (κ1) is 22.7. The van der Waals surface area contributed by atoms with E-state index in [1.165, 1.54) is 0 Å². The van der Waals surface area contributed by atoms with Crippen LogP contribution in [0.4, 0.5) is 0 Å². The summed E-state index contributed by atoms with van der Waals surface area (Å²) >= 11 is 0. The van der Waals surface area contributed by atoms with Crippen molar-refractivity contribution < 1.29 is 32.7 Å². The van der Waals surface area contributed by atoms with Crippen LogP contribution in [0.25, 0.3) is 17.2 Å². The Morgan fingerprint density at radius 3 is 0.692 bits per heavy atom. The minimum Gasteiger partial charge on any atom is -0.454 e. The predicted molar refractivity (Wildman–Crippen MR) is 48.7 cm³/mol. The van der Waals surface area contributed by atoms with Gasteiger partial charge in [-0.2, -0.15) is 0 Å². The Labute approximate surface area is 101 Å². The zero-order valence-electron chi connectivity index (χ0n) is 6.81. The quantitative estimate of drug-likeness (QED) is 0.258. The maximum atomic E-state index is 5.94. The summed E-state index contributed by atoms with van der Waals surface area (Å²) in [7, 11) is 0. The third kappa shape index (κ3) is 735. The van der Waals surface area contributed by atoms with Crippen molar-refractivity contribution in [3.63, 3.8) is 0 Å². The Kier molecular flexibility index (Phi) is 29.9. The predicted octanol–water partition coefficient (Wildman–Crippen LogP) is -0.206. The van der Waals surface area contributed by atoms with Gasteiger partial charge < -0.3 is 50.6 Å². The molecule has 0 aromatic carbocycles. The Morgan fingerprint density at radius 2 is 0.692 bits per heavy atom. The molecule has 0 saturated carbocycles. The minimum absolute atomic E-state index is 0. The smallest absolute Gasteiger partial charge is 0.454 e. The van der Waals surface area contributed by atoms with Crippen LogP contribution >= 0.6 is 0 Å². The molecule has 0 spiro atoms. The van der Waals surface area contributed by atoms with Gasteiger partial charge in [0.1, 0.15) is 0 Å². The number of hydrogen-bond donors (Lipinski definition) is 6. The van der Waals surface area contributed by atoms with E-state index in [2.05, 4.69) is 17.2 Å². The molecule has 0 aliphatic heterocycles. The van der Waals surface area contributed by atoms with E-state index < -0.39 is 17.9 Å². The second-order valence-electron chi connectivity index (χ2n) is 1.24. The Morgan fingerprint density at radius 1 is 0.692 bits per heavy atom. The van der Waals surface area contributed by atoms with Gasteiger partial charge in [-0.3, -0.25) is 0 Å². The average molecular weight is 263 g/mol. The third-order valence-electron chi connectivity index (χ3n) is 0. The van der Waals surface area contributed by atoms with E-state index in [0.29, 0.717) is 0 Å². The fourth-order valence-electron chi connectivity index (χ4n) is 0. The van der Waals surface area contributed by atoms with Crippen LogP contribution in [0, 0.1) is 16.2 Å². The molecule has 0 unspecified atom stereocenters. The maximum Gasteiger partial charge on any atom is 3.00 e. The summed E-state index contributed by atoms with van der Waals surface area (Å²) in [6, 6.07) is 0. The Balaban J connectivity index is -0.0000000450. The molecule has 13 heavy (non-hydrogen) atoms. The van der Waals surface area contributed by atoms with E-state index in [4.69, 9.17) is 33.4 Å². The first-order valence-electron chi connectivity index (χ1n) is 2.37. The number of guanidine groups is 3. The molecule has 0 atom stereocenters. The van der Waals surface area contributed by atoms with Gasteiger partial charge in [-0.1, -0.05) is 0 Å². The summed E-state index contributed by atoms with van der Waals surface area (Å²) in [4.78, 5) is 0. The van der Waals surface area contributed by atoms with Crippen LogP contribution in [0.3, 0.4) is 0 Å². The van der Waals surface area contributed by atoms with E-state index in [1.54, 1.807) is 0 Å². The molecule has 9 nitrogen and oxygen atoms in total. The number of hydrogen-bond acceptors (Lipinski definition) is 3. The summed E-state index contributed by atoms with van der Waals surface area (Å²) < 4.78 is 0. The maximum absolute atomic E-state index is 5.94. The van der Waals surface area contributed by atoms with E-state index >= 15 is 0 Å². The molecule has 0 aliphatic carbocycles. The number of nitrogens with one attached hydrogen (secondary N) is 6. The summed E-state index contributed by atoms with van der Waals surface area (Å²) in [6.07, 6.45) is 0. The van der Waals surface area contributed by atoms with Gasteiger partial charge in [0.15, 0.2) is 0 Å². The van der Waals surface area contributed by atoms with Crippen LogP contribution in [0.2, 0.25) is 0 Å². The normalized spacial score (nSPS) is 5.54. The van der Waals surface area contributed by atoms with Gasteiger partial charge in [0.2, 0.25) is 0 Å². The molecule has 0 aliphatic rings. The Bertz CT molecular complexity index is 112. The summed E-state index contributed by atoms with van der Waals surface area (Å²) in [5, 5.41) is 17.8. The van der Waals surface area contributed by atoms with Crippen molar-refractivity contribution in [2.24, 2.45) is 17.2 Å². The van der Waals surface area contributed by atoms with Crippen LogP contribution in [0.15, 0.2) is 0 Å². The fourth-order valence-corrected chi connectivity index (χ4v) is 0. The largest absolute Gasteiger partial charge is 3.00 e. The topological polar surface area (TPSA) is 221 Å². The minimum atomic E-state index is -0.583. The van der Waals surface area contributed by atoms with E-state index in [-0.39, 0.29) is 32.7 Å². The van der Waals surface area contributed by atoms with E-state index in [1.807, 2.05) is 0 Å².